The molecular formula is C21H29N3O6. The molecule has 0 heterocycles. The molecule has 0 fully saturated rings. The van der Waals surface area contributed by atoms with Crippen molar-refractivity contribution in [1.82, 2.24) is 10.6 Å². The van der Waals surface area contributed by atoms with Gasteiger partial charge in [0, 0.05) is 17.7 Å². The molecule has 0 spiro atoms. The largest absolute Gasteiger partial charge is 0.467 e. The summed E-state index contributed by atoms with van der Waals surface area (Å²) in [5.74, 6) is -1.37. The van der Waals surface area contributed by atoms with E-state index in [1.807, 2.05) is 19.1 Å². The summed E-state index contributed by atoms with van der Waals surface area (Å²) >= 11 is 0. The third-order valence-electron chi connectivity index (χ3n) is 4.88. The average molecular weight is 419 g/mol. The molecule has 0 aliphatic heterocycles. The lowest BCUT2D eigenvalue weighted by Gasteiger charge is -2.31. The first kappa shape index (κ1) is 23.4. The van der Waals surface area contributed by atoms with Gasteiger partial charge in [-0.05, 0) is 25.0 Å². The van der Waals surface area contributed by atoms with Gasteiger partial charge in [-0.15, -0.1) is 0 Å². The van der Waals surface area contributed by atoms with Gasteiger partial charge in [0.05, 0.1) is 19.3 Å². The van der Waals surface area contributed by atoms with Crippen LogP contribution in [0.25, 0.3) is 0 Å². The minimum atomic E-state index is -1.29. The summed E-state index contributed by atoms with van der Waals surface area (Å²) in [5, 5.41) is 28.2. The van der Waals surface area contributed by atoms with Gasteiger partial charge in [0.1, 0.15) is 12.1 Å². The molecule has 2 rings (SSSR count). The van der Waals surface area contributed by atoms with Crippen molar-refractivity contribution in [1.29, 1.82) is 0 Å². The van der Waals surface area contributed by atoms with E-state index in [0.29, 0.717) is 5.69 Å². The lowest BCUT2D eigenvalue weighted by molar-refractivity contribution is -0.146. The predicted octanol–water partition coefficient (Wildman–Crippen LogP) is 0.851. The van der Waals surface area contributed by atoms with E-state index in [2.05, 4.69) is 16.0 Å². The SMILES string of the molecule is COC(=O)[C@H](NC(=O)C1=C[C@H](NC(=O)Nc2ccc(C)cc2)[C@@H](O)[C@H](O)C1)C(C)C. The average Bonchev–Trinajstić information content (AvgIpc) is 2.70. The quantitative estimate of drug-likeness (QED) is 0.434. The molecule has 3 amide bonds. The normalized spacial score (nSPS) is 22.0. The number of nitrogens with one attached hydrogen (secondary N) is 3. The first-order valence-electron chi connectivity index (χ1n) is 9.72. The summed E-state index contributed by atoms with van der Waals surface area (Å²) < 4.78 is 4.71. The van der Waals surface area contributed by atoms with Gasteiger partial charge in [0.15, 0.2) is 0 Å². The molecule has 5 N–H and O–H groups in total. The number of ether oxygens (including phenoxy) is 1. The number of methoxy groups -OCH3 is 1. The number of carbonyl (C=O) groups is 3. The Morgan fingerprint density at radius 1 is 1.13 bits per heavy atom. The summed E-state index contributed by atoms with van der Waals surface area (Å²) in [7, 11) is 1.23. The molecular weight excluding hydrogens is 390 g/mol. The predicted molar refractivity (Wildman–Crippen MR) is 111 cm³/mol. The minimum absolute atomic E-state index is 0.114. The molecule has 9 nitrogen and oxygen atoms in total. The minimum Gasteiger partial charge on any atom is -0.467 e. The second kappa shape index (κ2) is 10.2. The van der Waals surface area contributed by atoms with Crippen molar-refractivity contribution in [2.24, 2.45) is 5.92 Å². The molecule has 4 atom stereocenters. The fourth-order valence-corrected chi connectivity index (χ4v) is 3.08. The Balaban J connectivity index is 2.10. The second-order valence-corrected chi connectivity index (χ2v) is 7.66. The highest BCUT2D eigenvalue weighted by molar-refractivity contribution is 5.97. The lowest BCUT2D eigenvalue weighted by Crippen LogP contribution is -2.53. The molecule has 1 aliphatic rings. The number of hydrogen-bond donors (Lipinski definition) is 5. The Bertz CT molecular complexity index is 805. The van der Waals surface area contributed by atoms with Crippen LogP contribution >= 0.6 is 0 Å². The maximum Gasteiger partial charge on any atom is 0.328 e. The van der Waals surface area contributed by atoms with Crippen molar-refractivity contribution in [3.63, 3.8) is 0 Å². The Morgan fingerprint density at radius 2 is 1.77 bits per heavy atom. The van der Waals surface area contributed by atoms with Gasteiger partial charge in [-0.2, -0.15) is 0 Å². The second-order valence-electron chi connectivity index (χ2n) is 7.66. The van der Waals surface area contributed by atoms with Crippen LogP contribution < -0.4 is 16.0 Å². The molecule has 9 heteroatoms. The Hall–Kier alpha value is -2.91. The topological polar surface area (TPSA) is 137 Å². The van der Waals surface area contributed by atoms with E-state index in [0.717, 1.165) is 5.56 Å². The van der Waals surface area contributed by atoms with E-state index in [4.69, 9.17) is 4.74 Å². The van der Waals surface area contributed by atoms with E-state index < -0.39 is 42.2 Å². The number of benzene rings is 1. The first-order chi connectivity index (χ1) is 14.1. The fraction of sp³-hybridized carbons (Fsp3) is 0.476. The summed E-state index contributed by atoms with van der Waals surface area (Å²) in [5.41, 5.74) is 1.75. The maximum atomic E-state index is 12.6. The number of rotatable bonds is 6. The van der Waals surface area contributed by atoms with Crippen LogP contribution in [-0.2, 0) is 14.3 Å². The van der Waals surface area contributed by atoms with Crippen LogP contribution in [0.1, 0.15) is 25.8 Å². The van der Waals surface area contributed by atoms with E-state index >= 15 is 0 Å². The number of aliphatic hydroxyl groups excluding tert-OH is 2. The fourth-order valence-electron chi connectivity index (χ4n) is 3.08. The number of hydrogen-bond acceptors (Lipinski definition) is 6. The highest BCUT2D eigenvalue weighted by atomic mass is 16.5. The zero-order valence-corrected chi connectivity index (χ0v) is 17.5. The lowest BCUT2D eigenvalue weighted by atomic mass is 9.89. The third kappa shape index (κ3) is 6.04. The van der Waals surface area contributed by atoms with Gasteiger partial charge < -0.3 is 30.9 Å². The van der Waals surface area contributed by atoms with Crippen molar-refractivity contribution in [3.8, 4) is 0 Å². The standard InChI is InChI=1S/C21H29N3O6/c1-11(2)17(20(28)30-4)24-19(27)13-9-15(18(26)16(25)10-13)23-21(29)22-14-7-5-12(3)6-8-14/h5-9,11,15-18,25-26H,10H2,1-4H3,(H,24,27)(H2,22,23,29)/t15-,16+,17+,18+/m0/s1. The number of amides is 3. The van der Waals surface area contributed by atoms with Gasteiger partial charge in [0.2, 0.25) is 5.91 Å². The number of carbonyl (C=O) groups excluding carboxylic acids is 3. The number of esters is 1. The number of aryl methyl sites for hydroxylation is 1. The first-order valence-corrected chi connectivity index (χ1v) is 9.72. The van der Waals surface area contributed by atoms with Crippen molar-refractivity contribution in [2.45, 2.75) is 51.5 Å². The van der Waals surface area contributed by atoms with Gasteiger partial charge in [-0.3, -0.25) is 4.79 Å². The molecule has 0 aromatic heterocycles. The molecule has 30 heavy (non-hydrogen) atoms. The molecule has 0 saturated heterocycles. The van der Waals surface area contributed by atoms with Crippen LogP contribution in [0.4, 0.5) is 10.5 Å². The smallest absolute Gasteiger partial charge is 0.328 e. The summed E-state index contributed by atoms with van der Waals surface area (Å²) in [6, 6.07) is 4.69. The Kier molecular flexibility index (Phi) is 7.96. The molecule has 0 saturated carbocycles. The number of urea groups is 1. The zero-order valence-electron chi connectivity index (χ0n) is 17.5. The zero-order chi connectivity index (χ0) is 22.4. The number of anilines is 1. The molecule has 164 valence electrons. The van der Waals surface area contributed by atoms with Gasteiger partial charge in [-0.1, -0.05) is 37.6 Å². The molecule has 0 radical (unpaired) electrons. The molecule has 1 aromatic carbocycles. The van der Waals surface area contributed by atoms with Crippen LogP contribution in [0.3, 0.4) is 0 Å². The highest BCUT2D eigenvalue weighted by Crippen LogP contribution is 2.21. The van der Waals surface area contributed by atoms with Gasteiger partial charge >= 0.3 is 12.0 Å². The van der Waals surface area contributed by atoms with Crippen molar-refractivity contribution >= 4 is 23.6 Å². The molecule has 0 bridgehead atoms. The van der Waals surface area contributed by atoms with Gasteiger partial charge in [0.25, 0.3) is 0 Å². The summed E-state index contributed by atoms with van der Waals surface area (Å²) in [6.45, 7) is 5.44. The van der Waals surface area contributed by atoms with Crippen LogP contribution in [0.15, 0.2) is 35.9 Å². The van der Waals surface area contributed by atoms with Crippen molar-refractivity contribution in [3.05, 3.63) is 41.5 Å². The Morgan fingerprint density at radius 3 is 2.33 bits per heavy atom. The monoisotopic (exact) mass is 419 g/mol. The van der Waals surface area contributed by atoms with Crippen LogP contribution in [0.2, 0.25) is 0 Å². The summed E-state index contributed by atoms with van der Waals surface area (Å²) in [4.78, 5) is 36.8. The van der Waals surface area contributed by atoms with E-state index in [1.54, 1.807) is 26.0 Å². The van der Waals surface area contributed by atoms with E-state index in [9.17, 15) is 24.6 Å². The molecule has 1 aliphatic carbocycles. The third-order valence-corrected chi connectivity index (χ3v) is 4.88. The summed E-state index contributed by atoms with van der Waals surface area (Å²) in [6.07, 6.45) is -1.27. The van der Waals surface area contributed by atoms with E-state index in [1.165, 1.54) is 13.2 Å². The van der Waals surface area contributed by atoms with Crippen LogP contribution in [0.5, 0.6) is 0 Å². The number of aliphatic hydroxyl groups is 2. The van der Waals surface area contributed by atoms with Crippen molar-refractivity contribution in [2.75, 3.05) is 12.4 Å². The van der Waals surface area contributed by atoms with Crippen LogP contribution in [0, 0.1) is 12.8 Å². The Labute approximate surface area is 175 Å². The molecule has 1 aromatic rings. The maximum absolute atomic E-state index is 12.6. The van der Waals surface area contributed by atoms with E-state index in [-0.39, 0.29) is 17.9 Å². The van der Waals surface area contributed by atoms with Crippen LogP contribution in [-0.4, -0.2) is 59.5 Å². The molecule has 0 unspecified atom stereocenters. The van der Waals surface area contributed by atoms with Crippen molar-refractivity contribution < 1.29 is 29.3 Å². The van der Waals surface area contributed by atoms with Gasteiger partial charge in [-0.25, -0.2) is 9.59 Å². The highest BCUT2D eigenvalue weighted by Gasteiger charge is 2.35.